The Morgan fingerprint density at radius 2 is 1.87 bits per heavy atom. The van der Waals surface area contributed by atoms with Crippen molar-refractivity contribution in [3.63, 3.8) is 0 Å². The van der Waals surface area contributed by atoms with E-state index in [2.05, 4.69) is 38.5 Å². The minimum absolute atomic E-state index is 0.0562. The van der Waals surface area contributed by atoms with Crippen LogP contribution < -0.4 is 5.32 Å². The third kappa shape index (κ3) is 4.13. The van der Waals surface area contributed by atoms with E-state index in [-0.39, 0.29) is 11.9 Å². The number of likely N-dealkylation sites (tertiary alicyclic amines) is 1. The third-order valence-corrected chi connectivity index (χ3v) is 7.50. The molecule has 3 heterocycles. The zero-order valence-electron chi connectivity index (χ0n) is 18.4. The largest absolute Gasteiger partial charge is 0.360 e. The van der Waals surface area contributed by atoms with Gasteiger partial charge in [-0.1, -0.05) is 31.4 Å². The molecular formula is C25H33N5O. The summed E-state index contributed by atoms with van der Waals surface area (Å²) in [6.07, 6.45) is 14.4. The van der Waals surface area contributed by atoms with Crippen LogP contribution in [0, 0.1) is 11.8 Å². The number of hydrogen-bond donors (Lipinski definition) is 3. The SMILES string of the molecule is CN1CCC(C(NC(=O)c2cccc3c(-c4cn[nH]c4)c[nH]c23)C2CCCCC2)CC1. The smallest absolute Gasteiger partial charge is 0.253 e. The number of carbonyl (C=O) groups is 1. The quantitative estimate of drug-likeness (QED) is 0.567. The van der Waals surface area contributed by atoms with Crippen molar-refractivity contribution < 1.29 is 4.79 Å². The molecule has 1 atom stereocenters. The average molecular weight is 420 g/mol. The molecule has 2 fully saturated rings. The highest BCUT2D eigenvalue weighted by atomic mass is 16.1. The minimum Gasteiger partial charge on any atom is -0.360 e. The number of piperidine rings is 1. The molecule has 0 bridgehead atoms. The first-order valence-electron chi connectivity index (χ1n) is 11.8. The van der Waals surface area contributed by atoms with Crippen molar-refractivity contribution in [3.05, 3.63) is 42.4 Å². The van der Waals surface area contributed by atoms with Gasteiger partial charge in [0.05, 0.1) is 17.3 Å². The van der Waals surface area contributed by atoms with Gasteiger partial charge in [-0.25, -0.2) is 0 Å². The van der Waals surface area contributed by atoms with Crippen LogP contribution in [0.15, 0.2) is 36.8 Å². The molecule has 3 N–H and O–H groups in total. The highest BCUT2D eigenvalue weighted by molar-refractivity contribution is 6.09. The molecule has 0 spiro atoms. The minimum atomic E-state index is 0.0562. The predicted molar refractivity (Wildman–Crippen MR) is 124 cm³/mol. The molecule has 1 aliphatic heterocycles. The monoisotopic (exact) mass is 419 g/mol. The van der Waals surface area contributed by atoms with Crippen LogP contribution in [0.2, 0.25) is 0 Å². The Kier molecular flexibility index (Phi) is 5.81. The lowest BCUT2D eigenvalue weighted by atomic mass is 9.75. The maximum Gasteiger partial charge on any atom is 0.253 e. The lowest BCUT2D eigenvalue weighted by Crippen LogP contribution is -2.49. The van der Waals surface area contributed by atoms with Crippen LogP contribution in [-0.2, 0) is 0 Å². The Labute approximate surface area is 183 Å². The van der Waals surface area contributed by atoms with Crippen molar-refractivity contribution in [2.45, 2.75) is 51.0 Å². The van der Waals surface area contributed by atoms with E-state index in [0.29, 0.717) is 11.8 Å². The lowest BCUT2D eigenvalue weighted by Gasteiger charge is -2.40. The topological polar surface area (TPSA) is 76.8 Å². The molecule has 2 aliphatic rings. The average Bonchev–Trinajstić information content (AvgIpc) is 3.48. The molecule has 1 amide bonds. The van der Waals surface area contributed by atoms with Gasteiger partial charge in [0.1, 0.15) is 0 Å². The first-order valence-corrected chi connectivity index (χ1v) is 11.8. The summed E-state index contributed by atoms with van der Waals surface area (Å²) >= 11 is 0. The second-order valence-electron chi connectivity index (χ2n) is 9.46. The van der Waals surface area contributed by atoms with E-state index in [1.54, 1.807) is 0 Å². The van der Waals surface area contributed by atoms with Gasteiger partial charge in [0.15, 0.2) is 0 Å². The predicted octanol–water partition coefficient (Wildman–Crippen LogP) is 4.58. The summed E-state index contributed by atoms with van der Waals surface area (Å²) in [5.74, 6) is 1.24. The van der Waals surface area contributed by atoms with Crippen LogP contribution in [0.3, 0.4) is 0 Å². The molecule has 1 saturated heterocycles. The molecule has 164 valence electrons. The summed E-state index contributed by atoms with van der Waals surface area (Å²) in [6, 6.07) is 6.28. The summed E-state index contributed by atoms with van der Waals surface area (Å²) in [5.41, 5.74) is 3.73. The summed E-state index contributed by atoms with van der Waals surface area (Å²) in [5, 5.41) is 11.5. The first kappa shape index (κ1) is 20.3. The highest BCUT2D eigenvalue weighted by Gasteiger charge is 2.34. The zero-order valence-corrected chi connectivity index (χ0v) is 18.4. The molecular weight excluding hydrogens is 386 g/mol. The molecule has 31 heavy (non-hydrogen) atoms. The number of benzene rings is 1. The van der Waals surface area contributed by atoms with E-state index >= 15 is 0 Å². The fourth-order valence-corrected chi connectivity index (χ4v) is 5.71. The molecule has 5 rings (SSSR count). The number of fused-ring (bicyclic) bond motifs is 1. The summed E-state index contributed by atoms with van der Waals surface area (Å²) in [6.45, 7) is 2.26. The molecule has 6 nitrogen and oxygen atoms in total. The van der Waals surface area contributed by atoms with Gasteiger partial charge in [0.25, 0.3) is 5.91 Å². The Morgan fingerprint density at radius 1 is 1.10 bits per heavy atom. The van der Waals surface area contributed by atoms with E-state index in [1.165, 1.54) is 44.9 Å². The summed E-state index contributed by atoms with van der Waals surface area (Å²) in [4.78, 5) is 19.3. The lowest BCUT2D eigenvalue weighted by molar-refractivity contribution is 0.0834. The van der Waals surface area contributed by atoms with E-state index in [1.807, 2.05) is 30.7 Å². The van der Waals surface area contributed by atoms with Crippen LogP contribution in [0.1, 0.15) is 55.3 Å². The van der Waals surface area contributed by atoms with Crippen molar-refractivity contribution in [3.8, 4) is 11.1 Å². The van der Waals surface area contributed by atoms with Crippen molar-refractivity contribution >= 4 is 16.8 Å². The standard InChI is InChI=1S/C25H33N5O/c1-30-12-10-18(11-13-30)23(17-6-3-2-4-7-17)29-25(31)21-9-5-8-20-22(16-26-24(20)21)19-14-27-28-15-19/h5,8-9,14-18,23,26H,2-4,6-7,10-13H2,1H3,(H,27,28)(H,29,31). The fourth-order valence-electron chi connectivity index (χ4n) is 5.71. The molecule has 3 aromatic rings. The van der Waals surface area contributed by atoms with Crippen LogP contribution in [0.5, 0.6) is 0 Å². The zero-order chi connectivity index (χ0) is 21.2. The van der Waals surface area contributed by atoms with Gasteiger partial charge in [-0.15, -0.1) is 0 Å². The van der Waals surface area contributed by atoms with Gasteiger partial charge >= 0.3 is 0 Å². The number of carbonyl (C=O) groups excluding carboxylic acids is 1. The maximum absolute atomic E-state index is 13.6. The van der Waals surface area contributed by atoms with Crippen LogP contribution in [0.25, 0.3) is 22.0 Å². The Hall–Kier alpha value is -2.60. The molecule has 2 aromatic heterocycles. The first-order chi connectivity index (χ1) is 15.2. The van der Waals surface area contributed by atoms with Crippen molar-refractivity contribution in [2.24, 2.45) is 11.8 Å². The van der Waals surface area contributed by atoms with E-state index < -0.39 is 0 Å². The number of para-hydroxylation sites is 1. The second-order valence-corrected chi connectivity index (χ2v) is 9.46. The molecule has 1 aliphatic carbocycles. The molecule has 1 saturated carbocycles. The van der Waals surface area contributed by atoms with Gasteiger partial charge in [0.2, 0.25) is 0 Å². The number of H-pyrrole nitrogens is 2. The van der Waals surface area contributed by atoms with Crippen molar-refractivity contribution in [1.29, 1.82) is 0 Å². The number of hydrogen-bond acceptors (Lipinski definition) is 3. The van der Waals surface area contributed by atoms with E-state index in [4.69, 9.17) is 0 Å². The molecule has 6 heteroatoms. The molecule has 1 unspecified atom stereocenters. The number of amides is 1. The molecule has 0 radical (unpaired) electrons. The number of aromatic nitrogens is 3. The van der Waals surface area contributed by atoms with Gasteiger partial charge in [-0.3, -0.25) is 9.89 Å². The maximum atomic E-state index is 13.6. The van der Waals surface area contributed by atoms with Gasteiger partial charge < -0.3 is 15.2 Å². The van der Waals surface area contributed by atoms with Gasteiger partial charge in [-0.2, -0.15) is 5.10 Å². The Bertz CT molecular complexity index is 1010. The Morgan fingerprint density at radius 3 is 2.61 bits per heavy atom. The highest BCUT2D eigenvalue weighted by Crippen LogP contribution is 2.34. The van der Waals surface area contributed by atoms with E-state index in [0.717, 1.165) is 40.7 Å². The van der Waals surface area contributed by atoms with Crippen LogP contribution in [0.4, 0.5) is 0 Å². The second kappa shape index (κ2) is 8.87. The fraction of sp³-hybridized carbons (Fsp3) is 0.520. The van der Waals surface area contributed by atoms with Crippen molar-refractivity contribution in [1.82, 2.24) is 25.4 Å². The van der Waals surface area contributed by atoms with Crippen LogP contribution >= 0.6 is 0 Å². The normalized spacial score (nSPS) is 20.2. The number of nitrogens with one attached hydrogen (secondary N) is 3. The van der Waals surface area contributed by atoms with Crippen molar-refractivity contribution in [2.75, 3.05) is 20.1 Å². The van der Waals surface area contributed by atoms with Gasteiger partial charge in [0, 0.05) is 34.9 Å². The van der Waals surface area contributed by atoms with Crippen LogP contribution in [-0.4, -0.2) is 52.2 Å². The Balaban J connectivity index is 1.42. The van der Waals surface area contributed by atoms with E-state index in [9.17, 15) is 4.79 Å². The third-order valence-electron chi connectivity index (χ3n) is 7.50. The number of nitrogens with zero attached hydrogens (tertiary/aromatic N) is 2. The number of rotatable bonds is 5. The summed E-state index contributed by atoms with van der Waals surface area (Å²) in [7, 11) is 2.20. The van der Waals surface area contributed by atoms with Gasteiger partial charge in [-0.05, 0) is 63.7 Å². The summed E-state index contributed by atoms with van der Waals surface area (Å²) < 4.78 is 0. The number of aromatic amines is 2. The molecule has 1 aromatic carbocycles.